The van der Waals surface area contributed by atoms with Crippen LogP contribution in [0.2, 0.25) is 0 Å². The van der Waals surface area contributed by atoms with Crippen molar-refractivity contribution in [1.29, 1.82) is 0 Å². The molecule has 0 bridgehead atoms. The van der Waals surface area contributed by atoms with E-state index in [1.54, 1.807) is 0 Å². The topological polar surface area (TPSA) is 29.3 Å². The van der Waals surface area contributed by atoms with Gasteiger partial charge in [0.25, 0.3) is 0 Å². The van der Waals surface area contributed by atoms with Crippen LogP contribution in [0.25, 0.3) is 0 Å². The normalized spacial score (nSPS) is 22.6. The Labute approximate surface area is 128 Å². The molecule has 1 aromatic carbocycles. The quantitative estimate of drug-likeness (QED) is 0.849. The van der Waals surface area contributed by atoms with Crippen LogP contribution in [-0.2, 0) is 0 Å². The highest BCUT2D eigenvalue weighted by atomic mass is 32.1. The number of nitrogens with zero attached hydrogens (tertiary/aromatic N) is 1. The number of thiocarbonyl (C=S) groups is 1. The van der Waals surface area contributed by atoms with Gasteiger partial charge in [0.2, 0.25) is 0 Å². The molecule has 1 fully saturated rings. The van der Waals surface area contributed by atoms with Crippen molar-refractivity contribution in [2.24, 2.45) is 11.7 Å². The molecule has 1 aliphatic carbocycles. The Morgan fingerprint density at radius 3 is 2.50 bits per heavy atom. The van der Waals surface area contributed by atoms with Crippen LogP contribution >= 0.6 is 12.2 Å². The fourth-order valence-electron chi connectivity index (χ4n) is 3.45. The molecule has 0 aromatic heterocycles. The first-order valence-corrected chi connectivity index (χ1v) is 8.07. The van der Waals surface area contributed by atoms with E-state index in [-0.39, 0.29) is 0 Å². The maximum absolute atomic E-state index is 5.90. The highest BCUT2D eigenvalue weighted by molar-refractivity contribution is 7.80. The number of hydrogen-bond donors (Lipinski definition) is 1. The van der Waals surface area contributed by atoms with Crippen molar-refractivity contribution in [2.45, 2.75) is 52.0 Å². The highest BCUT2D eigenvalue weighted by Gasteiger charge is 2.25. The van der Waals surface area contributed by atoms with Crippen LogP contribution in [0.1, 0.15) is 50.2 Å². The van der Waals surface area contributed by atoms with Crippen LogP contribution in [0.4, 0.5) is 5.69 Å². The van der Waals surface area contributed by atoms with Crippen LogP contribution in [0.15, 0.2) is 18.2 Å². The Kier molecular flexibility index (Phi) is 5.03. The largest absolute Gasteiger partial charge is 0.389 e. The van der Waals surface area contributed by atoms with Gasteiger partial charge in [0.1, 0.15) is 4.99 Å². The summed E-state index contributed by atoms with van der Waals surface area (Å²) in [7, 11) is 2.20. The lowest BCUT2D eigenvalue weighted by Crippen LogP contribution is -2.36. The van der Waals surface area contributed by atoms with Crippen LogP contribution in [0.3, 0.4) is 0 Å². The molecule has 2 N–H and O–H groups in total. The standard InChI is InChI=1S/C17H26N2S/c1-4-13-8-10-14(11-9-13)19(3)16-12(2)6-5-7-15(16)17(18)20/h5-7,13-14H,4,8-11H2,1-3H3,(H2,18,20). The minimum atomic E-state index is 0.498. The number of aryl methyl sites for hydroxylation is 1. The molecule has 110 valence electrons. The molecule has 20 heavy (non-hydrogen) atoms. The minimum Gasteiger partial charge on any atom is -0.389 e. The summed E-state index contributed by atoms with van der Waals surface area (Å²) in [6.45, 7) is 4.45. The Balaban J connectivity index is 2.21. The van der Waals surface area contributed by atoms with Gasteiger partial charge in [-0.2, -0.15) is 0 Å². The third-order valence-corrected chi connectivity index (χ3v) is 5.02. The summed E-state index contributed by atoms with van der Waals surface area (Å²) in [5.41, 5.74) is 9.39. The third kappa shape index (κ3) is 3.14. The molecular weight excluding hydrogens is 264 g/mol. The van der Waals surface area contributed by atoms with Gasteiger partial charge in [-0.3, -0.25) is 0 Å². The summed E-state index contributed by atoms with van der Waals surface area (Å²) in [6, 6.07) is 6.84. The van der Waals surface area contributed by atoms with Crippen molar-refractivity contribution >= 4 is 22.9 Å². The van der Waals surface area contributed by atoms with Crippen LogP contribution in [0, 0.1) is 12.8 Å². The number of nitrogens with two attached hydrogens (primary N) is 1. The number of hydrogen-bond acceptors (Lipinski definition) is 2. The van der Waals surface area contributed by atoms with Crippen molar-refractivity contribution in [1.82, 2.24) is 0 Å². The summed E-state index contributed by atoms with van der Waals surface area (Å²) in [6.07, 6.45) is 6.57. The maximum Gasteiger partial charge on any atom is 0.106 e. The predicted octanol–water partition coefficient (Wildman–Crippen LogP) is 4.03. The van der Waals surface area contributed by atoms with E-state index in [2.05, 4.69) is 31.9 Å². The van der Waals surface area contributed by atoms with Gasteiger partial charge in [-0.05, 0) is 50.2 Å². The molecule has 0 aliphatic heterocycles. The van der Waals surface area contributed by atoms with E-state index in [1.165, 1.54) is 43.4 Å². The van der Waals surface area contributed by atoms with E-state index in [1.807, 2.05) is 12.1 Å². The molecule has 0 atom stereocenters. The lowest BCUT2D eigenvalue weighted by atomic mass is 9.83. The molecule has 1 aromatic rings. The van der Waals surface area contributed by atoms with Gasteiger partial charge in [-0.15, -0.1) is 0 Å². The molecule has 1 aliphatic rings. The highest BCUT2D eigenvalue weighted by Crippen LogP contribution is 2.33. The molecule has 3 heteroatoms. The molecule has 0 saturated heterocycles. The molecule has 1 saturated carbocycles. The van der Waals surface area contributed by atoms with Gasteiger partial charge in [0.15, 0.2) is 0 Å². The Morgan fingerprint density at radius 1 is 1.30 bits per heavy atom. The van der Waals surface area contributed by atoms with Gasteiger partial charge in [0, 0.05) is 24.3 Å². The van der Waals surface area contributed by atoms with Gasteiger partial charge < -0.3 is 10.6 Å². The first kappa shape index (κ1) is 15.3. The van der Waals surface area contributed by atoms with Crippen molar-refractivity contribution in [3.05, 3.63) is 29.3 Å². The van der Waals surface area contributed by atoms with Crippen molar-refractivity contribution in [2.75, 3.05) is 11.9 Å². The number of rotatable bonds is 4. The van der Waals surface area contributed by atoms with Crippen molar-refractivity contribution < 1.29 is 0 Å². The fourth-order valence-corrected chi connectivity index (χ4v) is 3.61. The van der Waals surface area contributed by atoms with Crippen molar-refractivity contribution in [3.8, 4) is 0 Å². The number of benzene rings is 1. The monoisotopic (exact) mass is 290 g/mol. The van der Waals surface area contributed by atoms with Gasteiger partial charge in [-0.25, -0.2) is 0 Å². The second-order valence-electron chi connectivity index (χ2n) is 6.03. The summed E-state index contributed by atoms with van der Waals surface area (Å²) in [5.74, 6) is 0.923. The molecular formula is C17H26N2S. The summed E-state index contributed by atoms with van der Waals surface area (Å²) in [4.78, 5) is 2.91. The summed E-state index contributed by atoms with van der Waals surface area (Å²) >= 11 is 5.22. The van der Waals surface area contributed by atoms with E-state index < -0.39 is 0 Å². The molecule has 2 nitrogen and oxygen atoms in total. The molecule has 0 unspecified atom stereocenters. The third-order valence-electron chi connectivity index (χ3n) is 4.80. The molecule has 0 amide bonds. The Morgan fingerprint density at radius 2 is 1.95 bits per heavy atom. The summed E-state index contributed by atoms with van der Waals surface area (Å²) in [5, 5.41) is 0. The van der Waals surface area contributed by atoms with E-state index in [0.29, 0.717) is 11.0 Å². The Hall–Kier alpha value is -1.09. The summed E-state index contributed by atoms with van der Waals surface area (Å²) < 4.78 is 0. The van der Waals surface area contributed by atoms with Crippen LogP contribution in [0.5, 0.6) is 0 Å². The lowest BCUT2D eigenvalue weighted by molar-refractivity contribution is 0.313. The van der Waals surface area contributed by atoms with E-state index in [0.717, 1.165) is 11.5 Å². The molecule has 2 rings (SSSR count). The minimum absolute atomic E-state index is 0.498. The first-order chi connectivity index (χ1) is 9.54. The lowest BCUT2D eigenvalue weighted by Gasteiger charge is -2.37. The zero-order valence-electron chi connectivity index (χ0n) is 12.9. The van der Waals surface area contributed by atoms with E-state index in [4.69, 9.17) is 18.0 Å². The van der Waals surface area contributed by atoms with Gasteiger partial charge in [0.05, 0.1) is 0 Å². The SMILES string of the molecule is CCC1CCC(N(C)c2c(C)cccc2C(N)=S)CC1. The zero-order chi connectivity index (χ0) is 14.7. The average Bonchev–Trinajstić information content (AvgIpc) is 2.46. The predicted molar refractivity (Wildman–Crippen MR) is 91.5 cm³/mol. The van der Waals surface area contributed by atoms with Crippen LogP contribution in [-0.4, -0.2) is 18.1 Å². The molecule has 0 spiro atoms. The number of anilines is 1. The van der Waals surface area contributed by atoms with Gasteiger partial charge >= 0.3 is 0 Å². The fraction of sp³-hybridized carbons (Fsp3) is 0.588. The molecule has 0 heterocycles. The maximum atomic E-state index is 5.90. The number of para-hydroxylation sites is 1. The second-order valence-corrected chi connectivity index (χ2v) is 6.47. The van der Waals surface area contributed by atoms with Gasteiger partial charge in [-0.1, -0.05) is 37.7 Å². The first-order valence-electron chi connectivity index (χ1n) is 7.66. The van der Waals surface area contributed by atoms with E-state index in [9.17, 15) is 0 Å². The van der Waals surface area contributed by atoms with Crippen molar-refractivity contribution in [3.63, 3.8) is 0 Å². The average molecular weight is 290 g/mol. The van der Waals surface area contributed by atoms with Crippen LogP contribution < -0.4 is 10.6 Å². The van der Waals surface area contributed by atoms with E-state index >= 15 is 0 Å². The molecule has 0 radical (unpaired) electrons. The smallest absolute Gasteiger partial charge is 0.106 e. The Bertz CT molecular complexity index is 476. The zero-order valence-corrected chi connectivity index (χ0v) is 13.7. The second kappa shape index (κ2) is 6.57.